The Bertz CT molecular complexity index is 638. The standard InChI is InChI=1S/C19H23FN2O2/c1-2-10-22(19(23)14-6-3-4-7-14)13-17-12-18(21-24-17)15-8-5-9-16(20)11-15/h2,5,8-9,11,14,17H,1,3-4,6-7,10,12-13H2/t17-/m0/s1. The van der Waals surface area contributed by atoms with Crippen LogP contribution in [0.25, 0.3) is 0 Å². The van der Waals surface area contributed by atoms with Gasteiger partial charge in [0.2, 0.25) is 5.91 Å². The molecule has 5 heteroatoms. The van der Waals surface area contributed by atoms with E-state index in [0.717, 1.165) is 37.0 Å². The van der Waals surface area contributed by atoms with Crippen LogP contribution in [-0.2, 0) is 9.63 Å². The van der Waals surface area contributed by atoms with Crippen LogP contribution in [-0.4, -0.2) is 35.7 Å². The van der Waals surface area contributed by atoms with E-state index in [0.29, 0.717) is 19.5 Å². The molecule has 0 radical (unpaired) electrons. The van der Waals surface area contributed by atoms with Crippen molar-refractivity contribution in [2.24, 2.45) is 11.1 Å². The number of halogens is 1. The lowest BCUT2D eigenvalue weighted by Gasteiger charge is -2.26. The summed E-state index contributed by atoms with van der Waals surface area (Å²) in [5.74, 6) is 0.0357. The molecule has 0 unspecified atom stereocenters. The number of carbonyl (C=O) groups is 1. The van der Waals surface area contributed by atoms with Crippen molar-refractivity contribution in [3.05, 3.63) is 48.3 Å². The summed E-state index contributed by atoms with van der Waals surface area (Å²) in [5, 5.41) is 4.08. The topological polar surface area (TPSA) is 41.9 Å². The Morgan fingerprint density at radius 3 is 2.92 bits per heavy atom. The van der Waals surface area contributed by atoms with Crippen LogP contribution >= 0.6 is 0 Å². The van der Waals surface area contributed by atoms with Gasteiger partial charge in [0.15, 0.2) is 6.10 Å². The average molecular weight is 330 g/mol. The van der Waals surface area contributed by atoms with Gasteiger partial charge in [0.1, 0.15) is 5.82 Å². The number of nitrogens with zero attached hydrogens (tertiary/aromatic N) is 2. The minimum atomic E-state index is -0.289. The van der Waals surface area contributed by atoms with Crippen molar-refractivity contribution in [1.29, 1.82) is 0 Å². The highest BCUT2D eigenvalue weighted by molar-refractivity contribution is 6.01. The number of hydrogen-bond donors (Lipinski definition) is 0. The fraction of sp³-hybridized carbons (Fsp3) is 0.474. The molecule has 1 aliphatic carbocycles. The van der Waals surface area contributed by atoms with Crippen LogP contribution in [0.4, 0.5) is 4.39 Å². The van der Waals surface area contributed by atoms with Crippen LogP contribution in [0.2, 0.25) is 0 Å². The van der Waals surface area contributed by atoms with Gasteiger partial charge in [-0.15, -0.1) is 6.58 Å². The predicted octanol–water partition coefficient (Wildman–Crippen LogP) is 3.52. The van der Waals surface area contributed by atoms with Crippen molar-refractivity contribution in [3.8, 4) is 0 Å². The van der Waals surface area contributed by atoms with Gasteiger partial charge in [-0.2, -0.15) is 0 Å². The van der Waals surface area contributed by atoms with Gasteiger partial charge in [0, 0.05) is 24.4 Å². The van der Waals surface area contributed by atoms with E-state index in [9.17, 15) is 9.18 Å². The third-order valence-corrected chi connectivity index (χ3v) is 4.68. The number of amides is 1. The maximum Gasteiger partial charge on any atom is 0.226 e. The first-order valence-electron chi connectivity index (χ1n) is 8.55. The molecular weight excluding hydrogens is 307 g/mol. The smallest absolute Gasteiger partial charge is 0.226 e. The zero-order valence-corrected chi connectivity index (χ0v) is 13.8. The summed E-state index contributed by atoms with van der Waals surface area (Å²) >= 11 is 0. The molecule has 1 aromatic carbocycles. The van der Waals surface area contributed by atoms with Crippen molar-refractivity contribution in [2.75, 3.05) is 13.1 Å². The second kappa shape index (κ2) is 7.60. The van der Waals surface area contributed by atoms with Crippen LogP contribution in [0.3, 0.4) is 0 Å². The van der Waals surface area contributed by atoms with Crippen molar-refractivity contribution >= 4 is 11.6 Å². The van der Waals surface area contributed by atoms with Crippen molar-refractivity contribution in [3.63, 3.8) is 0 Å². The van der Waals surface area contributed by atoms with Crippen molar-refractivity contribution in [1.82, 2.24) is 4.90 Å². The van der Waals surface area contributed by atoms with Crippen LogP contribution in [0.15, 0.2) is 42.1 Å². The molecule has 1 aromatic rings. The van der Waals surface area contributed by atoms with Crippen LogP contribution < -0.4 is 0 Å². The Morgan fingerprint density at radius 2 is 2.21 bits per heavy atom. The molecule has 1 saturated carbocycles. The number of rotatable bonds is 6. The third-order valence-electron chi connectivity index (χ3n) is 4.68. The van der Waals surface area contributed by atoms with E-state index in [2.05, 4.69) is 11.7 Å². The van der Waals surface area contributed by atoms with E-state index in [1.165, 1.54) is 12.1 Å². The molecule has 2 aliphatic rings. The Balaban J connectivity index is 1.60. The highest BCUT2D eigenvalue weighted by Crippen LogP contribution is 2.27. The zero-order chi connectivity index (χ0) is 16.9. The second-order valence-electron chi connectivity index (χ2n) is 6.49. The first kappa shape index (κ1) is 16.7. The maximum absolute atomic E-state index is 13.3. The number of hydrogen-bond acceptors (Lipinski definition) is 3. The largest absolute Gasteiger partial charge is 0.390 e. The number of oxime groups is 1. The van der Waals surface area contributed by atoms with Gasteiger partial charge in [0.05, 0.1) is 12.3 Å². The minimum absolute atomic E-state index is 0.134. The normalized spacial score (nSPS) is 20.5. The summed E-state index contributed by atoms with van der Waals surface area (Å²) in [6.45, 7) is 4.76. The molecule has 24 heavy (non-hydrogen) atoms. The van der Waals surface area contributed by atoms with Gasteiger partial charge < -0.3 is 9.74 Å². The number of carbonyl (C=O) groups excluding carboxylic acids is 1. The molecule has 0 aromatic heterocycles. The molecule has 1 fully saturated rings. The van der Waals surface area contributed by atoms with E-state index >= 15 is 0 Å². The SMILES string of the molecule is C=CCN(C[C@@H]1CC(c2cccc(F)c2)=NO1)C(=O)C1CCCC1. The Hall–Kier alpha value is -2.17. The summed E-state index contributed by atoms with van der Waals surface area (Å²) in [6, 6.07) is 6.34. The summed E-state index contributed by atoms with van der Waals surface area (Å²) in [5.41, 5.74) is 1.46. The lowest BCUT2D eigenvalue weighted by atomic mass is 10.0. The molecule has 1 aliphatic heterocycles. The van der Waals surface area contributed by atoms with Gasteiger partial charge >= 0.3 is 0 Å². The second-order valence-corrected chi connectivity index (χ2v) is 6.49. The molecule has 1 amide bonds. The van der Waals surface area contributed by atoms with Gasteiger partial charge in [-0.1, -0.05) is 36.2 Å². The molecule has 128 valence electrons. The lowest BCUT2D eigenvalue weighted by Crippen LogP contribution is -2.40. The minimum Gasteiger partial charge on any atom is -0.390 e. The van der Waals surface area contributed by atoms with E-state index in [4.69, 9.17) is 4.84 Å². The summed E-state index contributed by atoms with van der Waals surface area (Å²) in [6.07, 6.45) is 6.35. The Labute approximate surface area is 142 Å². The van der Waals surface area contributed by atoms with Crippen LogP contribution in [0.1, 0.15) is 37.7 Å². The third kappa shape index (κ3) is 3.83. The van der Waals surface area contributed by atoms with Crippen LogP contribution in [0, 0.1) is 11.7 Å². The highest BCUT2D eigenvalue weighted by atomic mass is 19.1. The van der Waals surface area contributed by atoms with Crippen molar-refractivity contribution in [2.45, 2.75) is 38.2 Å². The van der Waals surface area contributed by atoms with Gasteiger partial charge in [0.25, 0.3) is 0 Å². The van der Waals surface area contributed by atoms with Gasteiger partial charge in [-0.3, -0.25) is 4.79 Å². The molecule has 0 N–H and O–H groups in total. The summed E-state index contributed by atoms with van der Waals surface area (Å²) < 4.78 is 13.3. The van der Waals surface area contributed by atoms with E-state index < -0.39 is 0 Å². The molecule has 0 saturated heterocycles. The van der Waals surface area contributed by atoms with Crippen molar-refractivity contribution < 1.29 is 14.0 Å². The van der Waals surface area contributed by atoms with E-state index in [-0.39, 0.29) is 23.7 Å². The number of benzene rings is 1. The molecular formula is C19H23FN2O2. The molecule has 3 rings (SSSR count). The Morgan fingerprint density at radius 1 is 1.42 bits per heavy atom. The predicted molar refractivity (Wildman–Crippen MR) is 91.2 cm³/mol. The highest BCUT2D eigenvalue weighted by Gasteiger charge is 2.31. The molecule has 1 heterocycles. The lowest BCUT2D eigenvalue weighted by molar-refractivity contribution is -0.136. The van der Waals surface area contributed by atoms with Gasteiger partial charge in [-0.05, 0) is 25.0 Å². The van der Waals surface area contributed by atoms with Crippen LogP contribution in [0.5, 0.6) is 0 Å². The first-order chi connectivity index (χ1) is 11.7. The monoisotopic (exact) mass is 330 g/mol. The van der Waals surface area contributed by atoms with E-state index in [1.807, 2.05) is 11.0 Å². The maximum atomic E-state index is 13.3. The molecule has 0 spiro atoms. The fourth-order valence-corrected chi connectivity index (χ4v) is 3.45. The molecule has 0 bridgehead atoms. The molecule has 1 atom stereocenters. The zero-order valence-electron chi connectivity index (χ0n) is 13.8. The van der Waals surface area contributed by atoms with E-state index in [1.54, 1.807) is 12.1 Å². The quantitative estimate of drug-likeness (QED) is 0.749. The average Bonchev–Trinajstić information content (AvgIpc) is 3.26. The van der Waals surface area contributed by atoms with Gasteiger partial charge in [-0.25, -0.2) is 4.39 Å². The molecule has 4 nitrogen and oxygen atoms in total. The Kier molecular flexibility index (Phi) is 5.28. The fourth-order valence-electron chi connectivity index (χ4n) is 3.45. The summed E-state index contributed by atoms with van der Waals surface area (Å²) in [4.78, 5) is 20.0. The summed E-state index contributed by atoms with van der Waals surface area (Å²) in [7, 11) is 0. The first-order valence-corrected chi connectivity index (χ1v) is 8.55.